The number of rotatable bonds is 2. The van der Waals surface area contributed by atoms with Crippen LogP contribution in [0.5, 0.6) is 0 Å². The number of hydrogen-bond acceptors (Lipinski definition) is 4. The van der Waals surface area contributed by atoms with Gasteiger partial charge in [-0.25, -0.2) is 0 Å². The molecule has 88 valence electrons. The summed E-state index contributed by atoms with van der Waals surface area (Å²) in [5, 5.41) is 0. The molecule has 0 amide bonds. The normalized spacial score (nSPS) is 19.8. The predicted molar refractivity (Wildman–Crippen MR) is 70.9 cm³/mol. The molecule has 3 nitrogen and oxygen atoms in total. The first-order valence-corrected chi connectivity index (χ1v) is 6.63. The minimum absolute atomic E-state index is 0.319. The SMILES string of the molecule is CC1(C)CN(c2cnccc2CN)CCS1. The number of nitrogens with zero attached hydrogens (tertiary/aromatic N) is 2. The van der Waals surface area contributed by atoms with E-state index in [0.717, 1.165) is 13.1 Å². The fourth-order valence-electron chi connectivity index (χ4n) is 2.09. The molecule has 4 heteroatoms. The van der Waals surface area contributed by atoms with E-state index in [9.17, 15) is 0 Å². The van der Waals surface area contributed by atoms with Crippen LogP contribution in [0.25, 0.3) is 0 Å². The maximum absolute atomic E-state index is 5.77. The van der Waals surface area contributed by atoms with Crippen molar-refractivity contribution < 1.29 is 0 Å². The van der Waals surface area contributed by atoms with Crippen molar-refractivity contribution in [1.82, 2.24) is 4.98 Å². The average Bonchev–Trinajstić information content (AvgIpc) is 2.27. The van der Waals surface area contributed by atoms with E-state index in [1.165, 1.54) is 17.0 Å². The highest BCUT2D eigenvalue weighted by molar-refractivity contribution is 8.00. The van der Waals surface area contributed by atoms with Gasteiger partial charge in [0, 0.05) is 36.3 Å². The molecule has 1 aliphatic heterocycles. The Morgan fingerprint density at radius 1 is 1.56 bits per heavy atom. The van der Waals surface area contributed by atoms with Crippen molar-refractivity contribution in [1.29, 1.82) is 0 Å². The first-order chi connectivity index (χ1) is 7.62. The lowest BCUT2D eigenvalue weighted by molar-refractivity contribution is 0.645. The highest BCUT2D eigenvalue weighted by Gasteiger charge is 2.27. The number of pyridine rings is 1. The van der Waals surface area contributed by atoms with Gasteiger partial charge in [-0.2, -0.15) is 11.8 Å². The van der Waals surface area contributed by atoms with Crippen LogP contribution in [0.2, 0.25) is 0 Å². The third-order valence-corrected chi connectivity index (χ3v) is 4.17. The van der Waals surface area contributed by atoms with Gasteiger partial charge in [0.1, 0.15) is 0 Å². The zero-order chi connectivity index (χ0) is 11.6. The van der Waals surface area contributed by atoms with E-state index in [2.05, 4.69) is 23.7 Å². The lowest BCUT2D eigenvalue weighted by atomic mass is 10.1. The van der Waals surface area contributed by atoms with Crippen LogP contribution in [0.15, 0.2) is 18.5 Å². The molecular weight excluding hydrogens is 218 g/mol. The molecule has 0 atom stereocenters. The smallest absolute Gasteiger partial charge is 0.0599 e. The molecule has 1 saturated heterocycles. The lowest BCUT2D eigenvalue weighted by Gasteiger charge is -2.39. The van der Waals surface area contributed by atoms with Crippen LogP contribution in [-0.4, -0.2) is 28.6 Å². The third kappa shape index (κ3) is 2.50. The van der Waals surface area contributed by atoms with Crippen molar-refractivity contribution in [2.75, 3.05) is 23.7 Å². The summed E-state index contributed by atoms with van der Waals surface area (Å²) in [5.74, 6) is 1.17. The van der Waals surface area contributed by atoms with Gasteiger partial charge in [0.05, 0.1) is 11.9 Å². The third-order valence-electron chi connectivity index (χ3n) is 2.87. The number of thioether (sulfide) groups is 1. The molecule has 0 aromatic carbocycles. The zero-order valence-corrected chi connectivity index (χ0v) is 10.8. The predicted octanol–water partition coefficient (Wildman–Crippen LogP) is 1.87. The van der Waals surface area contributed by atoms with E-state index in [0.29, 0.717) is 11.3 Å². The van der Waals surface area contributed by atoms with Crippen molar-refractivity contribution in [2.24, 2.45) is 5.73 Å². The fourth-order valence-corrected chi connectivity index (χ4v) is 3.21. The fraction of sp³-hybridized carbons (Fsp3) is 0.583. The molecule has 0 bridgehead atoms. The molecule has 2 heterocycles. The highest BCUT2D eigenvalue weighted by Crippen LogP contribution is 2.32. The maximum Gasteiger partial charge on any atom is 0.0599 e. The second-order valence-corrected chi connectivity index (χ2v) is 6.54. The van der Waals surface area contributed by atoms with Gasteiger partial charge in [-0.3, -0.25) is 4.98 Å². The monoisotopic (exact) mass is 237 g/mol. The van der Waals surface area contributed by atoms with Crippen LogP contribution in [0.4, 0.5) is 5.69 Å². The van der Waals surface area contributed by atoms with Crippen LogP contribution in [-0.2, 0) is 6.54 Å². The largest absolute Gasteiger partial charge is 0.368 e. The summed E-state index contributed by atoms with van der Waals surface area (Å²) in [6.07, 6.45) is 3.75. The van der Waals surface area contributed by atoms with Gasteiger partial charge in [-0.1, -0.05) is 0 Å². The van der Waals surface area contributed by atoms with Crippen molar-refractivity contribution in [2.45, 2.75) is 25.1 Å². The molecule has 1 aromatic heterocycles. The molecular formula is C12H19N3S. The van der Waals surface area contributed by atoms with E-state index < -0.39 is 0 Å². The van der Waals surface area contributed by atoms with E-state index in [1.807, 2.05) is 30.2 Å². The summed E-state index contributed by atoms with van der Waals surface area (Å²) in [4.78, 5) is 6.62. The second kappa shape index (κ2) is 4.63. The first-order valence-electron chi connectivity index (χ1n) is 5.64. The molecule has 2 N–H and O–H groups in total. The van der Waals surface area contributed by atoms with Gasteiger partial charge in [0.15, 0.2) is 0 Å². The second-order valence-electron chi connectivity index (χ2n) is 4.74. The van der Waals surface area contributed by atoms with Crippen LogP contribution in [0.1, 0.15) is 19.4 Å². The lowest BCUT2D eigenvalue weighted by Crippen LogP contribution is -2.43. The van der Waals surface area contributed by atoms with Gasteiger partial charge in [0.25, 0.3) is 0 Å². The summed E-state index contributed by atoms with van der Waals surface area (Å²) in [7, 11) is 0. The van der Waals surface area contributed by atoms with Gasteiger partial charge < -0.3 is 10.6 Å². The Morgan fingerprint density at radius 2 is 2.38 bits per heavy atom. The Labute approximate surface area is 101 Å². The highest BCUT2D eigenvalue weighted by atomic mass is 32.2. The Morgan fingerprint density at radius 3 is 3.06 bits per heavy atom. The van der Waals surface area contributed by atoms with Crippen molar-refractivity contribution in [3.8, 4) is 0 Å². The van der Waals surface area contributed by atoms with E-state index >= 15 is 0 Å². The van der Waals surface area contributed by atoms with Crippen molar-refractivity contribution in [3.63, 3.8) is 0 Å². The number of anilines is 1. The quantitative estimate of drug-likeness (QED) is 0.852. The Hall–Kier alpha value is -0.740. The summed E-state index contributed by atoms with van der Waals surface area (Å²) >= 11 is 2.04. The zero-order valence-electron chi connectivity index (χ0n) is 9.94. The average molecular weight is 237 g/mol. The molecule has 0 aliphatic carbocycles. The van der Waals surface area contributed by atoms with E-state index in [4.69, 9.17) is 5.73 Å². The Kier molecular flexibility index (Phi) is 3.40. The van der Waals surface area contributed by atoms with E-state index in [-0.39, 0.29) is 0 Å². The van der Waals surface area contributed by atoms with Gasteiger partial charge >= 0.3 is 0 Å². The van der Waals surface area contributed by atoms with Crippen molar-refractivity contribution in [3.05, 3.63) is 24.0 Å². The van der Waals surface area contributed by atoms with Gasteiger partial charge in [-0.05, 0) is 25.5 Å². The summed E-state index contributed by atoms with van der Waals surface area (Å²) in [5.41, 5.74) is 8.16. The first kappa shape index (κ1) is 11.7. The Bertz CT molecular complexity index is 365. The van der Waals surface area contributed by atoms with E-state index in [1.54, 1.807) is 0 Å². The molecule has 0 spiro atoms. The summed E-state index contributed by atoms with van der Waals surface area (Å²) < 4.78 is 0.319. The molecule has 16 heavy (non-hydrogen) atoms. The molecule has 1 fully saturated rings. The van der Waals surface area contributed by atoms with Crippen LogP contribution in [0.3, 0.4) is 0 Å². The molecule has 0 radical (unpaired) electrons. The number of nitrogens with two attached hydrogens (primary N) is 1. The summed E-state index contributed by atoms with van der Waals surface area (Å²) in [6, 6.07) is 2.02. The van der Waals surface area contributed by atoms with Crippen LogP contribution < -0.4 is 10.6 Å². The maximum atomic E-state index is 5.77. The summed E-state index contributed by atoms with van der Waals surface area (Å²) in [6.45, 7) is 7.33. The van der Waals surface area contributed by atoms with Gasteiger partial charge in [0.2, 0.25) is 0 Å². The number of hydrogen-bond donors (Lipinski definition) is 1. The molecule has 1 aliphatic rings. The minimum Gasteiger partial charge on any atom is -0.368 e. The Balaban J connectivity index is 2.23. The van der Waals surface area contributed by atoms with Crippen LogP contribution >= 0.6 is 11.8 Å². The van der Waals surface area contributed by atoms with Crippen molar-refractivity contribution >= 4 is 17.4 Å². The molecule has 0 saturated carbocycles. The number of aromatic nitrogens is 1. The molecule has 2 rings (SSSR count). The standard InChI is InChI=1S/C12H19N3S/c1-12(2)9-15(5-6-16-12)11-8-14-4-3-10(11)7-13/h3-4,8H,5-7,9,13H2,1-2H3. The topological polar surface area (TPSA) is 42.2 Å². The van der Waals surface area contributed by atoms with Crippen LogP contribution in [0, 0.1) is 0 Å². The molecule has 0 unspecified atom stereocenters. The molecule has 1 aromatic rings. The van der Waals surface area contributed by atoms with Gasteiger partial charge in [-0.15, -0.1) is 0 Å². The minimum atomic E-state index is 0.319.